The molecule has 22 heavy (non-hydrogen) atoms. The molecule has 2 unspecified atom stereocenters. The molecule has 1 aromatic rings. The summed E-state index contributed by atoms with van der Waals surface area (Å²) in [6.07, 6.45) is 0.994. The first kappa shape index (κ1) is 17.3. The first-order valence-electron chi connectivity index (χ1n) is 7.89. The number of morpholine rings is 1. The van der Waals surface area contributed by atoms with Gasteiger partial charge in [0.2, 0.25) is 5.91 Å². The maximum Gasteiger partial charge on any atom is 0.242 e. The van der Waals surface area contributed by atoms with E-state index in [4.69, 9.17) is 4.74 Å². The minimum absolute atomic E-state index is 0. The molecule has 122 valence electrons. The lowest BCUT2D eigenvalue weighted by Gasteiger charge is -2.34. The molecule has 0 aromatic heterocycles. The third-order valence-electron chi connectivity index (χ3n) is 4.85. The van der Waals surface area contributed by atoms with Crippen molar-refractivity contribution >= 4 is 18.3 Å². The molecular weight excluding hydrogens is 300 g/mol. The molecule has 2 heterocycles. The van der Waals surface area contributed by atoms with E-state index in [0.717, 1.165) is 19.5 Å². The zero-order chi connectivity index (χ0) is 14.8. The van der Waals surface area contributed by atoms with Crippen molar-refractivity contribution in [2.75, 3.05) is 19.7 Å². The van der Waals surface area contributed by atoms with Crippen LogP contribution in [0.4, 0.5) is 0 Å². The van der Waals surface area contributed by atoms with Crippen molar-refractivity contribution < 1.29 is 9.53 Å². The van der Waals surface area contributed by atoms with Gasteiger partial charge in [-0.15, -0.1) is 12.4 Å². The van der Waals surface area contributed by atoms with Crippen LogP contribution in [0.1, 0.15) is 31.7 Å². The molecule has 2 aliphatic rings. The molecular formula is C17H25ClN2O2. The van der Waals surface area contributed by atoms with Gasteiger partial charge >= 0.3 is 0 Å². The molecule has 5 heteroatoms. The standard InChI is InChI=1S/C17H24N2O2.ClH/c1-12-15(14-6-4-3-5-7-14)8-10-19(12)17(20)16-13(2)21-11-9-18-16;/h3-7,12-13,15-16,18H,8-11H2,1-2H3;1H/t12?,13-,15?,16+;/m1./s1. The van der Waals surface area contributed by atoms with Crippen LogP contribution < -0.4 is 5.32 Å². The van der Waals surface area contributed by atoms with Crippen molar-refractivity contribution in [2.24, 2.45) is 0 Å². The van der Waals surface area contributed by atoms with E-state index in [2.05, 4.69) is 36.5 Å². The number of likely N-dealkylation sites (tertiary alicyclic amines) is 1. The van der Waals surface area contributed by atoms with Gasteiger partial charge in [0.25, 0.3) is 0 Å². The highest BCUT2D eigenvalue weighted by atomic mass is 35.5. The number of nitrogens with zero attached hydrogens (tertiary/aromatic N) is 1. The quantitative estimate of drug-likeness (QED) is 0.906. The number of benzene rings is 1. The third kappa shape index (κ3) is 3.29. The van der Waals surface area contributed by atoms with Gasteiger partial charge < -0.3 is 15.0 Å². The van der Waals surface area contributed by atoms with Gasteiger partial charge in [0.05, 0.1) is 12.7 Å². The molecule has 4 atom stereocenters. The predicted molar refractivity (Wildman–Crippen MR) is 89.4 cm³/mol. The summed E-state index contributed by atoms with van der Waals surface area (Å²) < 4.78 is 5.61. The molecule has 1 N–H and O–H groups in total. The van der Waals surface area contributed by atoms with E-state index >= 15 is 0 Å². The van der Waals surface area contributed by atoms with Gasteiger partial charge in [0, 0.05) is 25.0 Å². The Morgan fingerprint density at radius 2 is 2.00 bits per heavy atom. The lowest BCUT2D eigenvalue weighted by molar-refractivity contribution is -0.140. The van der Waals surface area contributed by atoms with Crippen LogP contribution in [0.15, 0.2) is 30.3 Å². The number of ether oxygens (including phenoxy) is 1. The number of carbonyl (C=O) groups is 1. The molecule has 3 rings (SSSR count). The van der Waals surface area contributed by atoms with Gasteiger partial charge in [0.1, 0.15) is 6.04 Å². The molecule has 0 radical (unpaired) electrons. The van der Waals surface area contributed by atoms with E-state index in [9.17, 15) is 4.79 Å². The molecule has 1 amide bonds. The van der Waals surface area contributed by atoms with Crippen LogP contribution in [-0.2, 0) is 9.53 Å². The van der Waals surface area contributed by atoms with E-state index < -0.39 is 0 Å². The number of hydrogen-bond acceptors (Lipinski definition) is 3. The Bertz CT molecular complexity index is 497. The molecule has 0 aliphatic carbocycles. The molecule has 1 aromatic carbocycles. The fourth-order valence-corrected chi connectivity index (χ4v) is 3.58. The topological polar surface area (TPSA) is 41.6 Å². The Kier molecular flexibility index (Phi) is 5.84. The summed E-state index contributed by atoms with van der Waals surface area (Å²) in [4.78, 5) is 14.8. The fraction of sp³-hybridized carbons (Fsp3) is 0.588. The zero-order valence-corrected chi connectivity index (χ0v) is 14.0. The maximum absolute atomic E-state index is 12.8. The number of carbonyl (C=O) groups excluding carboxylic acids is 1. The van der Waals surface area contributed by atoms with E-state index in [1.165, 1.54) is 5.56 Å². The summed E-state index contributed by atoms with van der Waals surface area (Å²) in [6.45, 7) is 6.42. The molecule has 0 bridgehead atoms. The van der Waals surface area contributed by atoms with Gasteiger partial charge in [-0.25, -0.2) is 0 Å². The molecule has 4 nitrogen and oxygen atoms in total. The largest absolute Gasteiger partial charge is 0.375 e. The zero-order valence-electron chi connectivity index (χ0n) is 13.2. The number of nitrogens with one attached hydrogen (secondary N) is 1. The average molecular weight is 325 g/mol. The highest BCUT2D eigenvalue weighted by Gasteiger charge is 2.39. The van der Waals surface area contributed by atoms with E-state index in [0.29, 0.717) is 12.5 Å². The first-order valence-corrected chi connectivity index (χ1v) is 7.89. The lowest BCUT2D eigenvalue weighted by Crippen LogP contribution is -2.57. The summed E-state index contributed by atoms with van der Waals surface area (Å²) in [6, 6.07) is 10.6. The Morgan fingerprint density at radius 3 is 2.68 bits per heavy atom. The van der Waals surface area contributed by atoms with Crippen LogP contribution in [0.25, 0.3) is 0 Å². The highest BCUT2D eigenvalue weighted by Crippen LogP contribution is 2.33. The normalized spacial score (nSPS) is 31.6. The van der Waals surface area contributed by atoms with E-state index in [1.54, 1.807) is 0 Å². The molecule has 0 spiro atoms. The minimum atomic E-state index is -0.198. The summed E-state index contributed by atoms with van der Waals surface area (Å²) in [5.41, 5.74) is 1.33. The summed E-state index contributed by atoms with van der Waals surface area (Å²) in [5.74, 6) is 0.628. The van der Waals surface area contributed by atoms with Crippen LogP contribution in [-0.4, -0.2) is 48.7 Å². The van der Waals surface area contributed by atoms with Crippen molar-refractivity contribution in [3.05, 3.63) is 35.9 Å². The van der Waals surface area contributed by atoms with Crippen LogP contribution in [0, 0.1) is 0 Å². The lowest BCUT2D eigenvalue weighted by atomic mass is 9.92. The molecule has 0 saturated carbocycles. The highest BCUT2D eigenvalue weighted by molar-refractivity contribution is 5.85. The first-order chi connectivity index (χ1) is 10.2. The second-order valence-corrected chi connectivity index (χ2v) is 6.09. The van der Waals surface area contributed by atoms with Gasteiger partial charge in [-0.05, 0) is 25.8 Å². The summed E-state index contributed by atoms with van der Waals surface area (Å²) in [7, 11) is 0. The number of hydrogen-bond donors (Lipinski definition) is 1. The fourth-order valence-electron chi connectivity index (χ4n) is 3.58. The number of halogens is 1. The second kappa shape index (κ2) is 7.44. The van der Waals surface area contributed by atoms with Gasteiger partial charge in [-0.1, -0.05) is 30.3 Å². The third-order valence-corrected chi connectivity index (χ3v) is 4.85. The Morgan fingerprint density at radius 1 is 1.27 bits per heavy atom. The van der Waals surface area contributed by atoms with Crippen molar-refractivity contribution in [3.63, 3.8) is 0 Å². The van der Waals surface area contributed by atoms with Crippen LogP contribution in [0.5, 0.6) is 0 Å². The van der Waals surface area contributed by atoms with Crippen molar-refractivity contribution in [1.82, 2.24) is 10.2 Å². The smallest absolute Gasteiger partial charge is 0.242 e. The van der Waals surface area contributed by atoms with Gasteiger partial charge in [-0.3, -0.25) is 4.79 Å². The molecule has 2 aliphatic heterocycles. The second-order valence-electron chi connectivity index (χ2n) is 6.09. The number of rotatable bonds is 2. The summed E-state index contributed by atoms with van der Waals surface area (Å²) >= 11 is 0. The summed E-state index contributed by atoms with van der Waals surface area (Å²) in [5, 5.41) is 3.30. The number of amides is 1. The van der Waals surface area contributed by atoms with Gasteiger partial charge in [-0.2, -0.15) is 0 Å². The Balaban J connectivity index is 0.00000176. The minimum Gasteiger partial charge on any atom is -0.375 e. The monoisotopic (exact) mass is 324 g/mol. The van der Waals surface area contributed by atoms with Crippen molar-refractivity contribution in [1.29, 1.82) is 0 Å². The van der Waals surface area contributed by atoms with Crippen LogP contribution >= 0.6 is 12.4 Å². The van der Waals surface area contributed by atoms with Crippen LogP contribution in [0.2, 0.25) is 0 Å². The van der Waals surface area contributed by atoms with Gasteiger partial charge in [0.15, 0.2) is 0 Å². The average Bonchev–Trinajstić information content (AvgIpc) is 2.90. The van der Waals surface area contributed by atoms with E-state index in [-0.39, 0.29) is 36.5 Å². The SMILES string of the molecule is CC1C(c2ccccc2)CCN1C(=O)[C@H]1NCCO[C@@H]1C.Cl. The maximum atomic E-state index is 12.8. The predicted octanol–water partition coefficient (Wildman–Crippen LogP) is 2.19. The van der Waals surface area contributed by atoms with Crippen molar-refractivity contribution in [2.45, 2.75) is 44.4 Å². The Labute approximate surface area is 138 Å². The molecule has 2 fully saturated rings. The van der Waals surface area contributed by atoms with Crippen molar-refractivity contribution in [3.8, 4) is 0 Å². The van der Waals surface area contributed by atoms with Crippen LogP contribution in [0.3, 0.4) is 0 Å². The Hall–Kier alpha value is -1.10. The van der Waals surface area contributed by atoms with E-state index in [1.807, 2.05) is 17.9 Å². The molecule has 2 saturated heterocycles.